The highest BCUT2D eigenvalue weighted by molar-refractivity contribution is 7.13. The highest BCUT2D eigenvalue weighted by atomic mass is 35.5. The smallest absolute Gasteiger partial charge is 0.319 e. The number of aryl methyl sites for hydroxylation is 2. The molecule has 142 valence electrons. The summed E-state index contributed by atoms with van der Waals surface area (Å²) in [6.45, 7) is 2.36. The normalized spacial score (nSPS) is 11.0. The van der Waals surface area contributed by atoms with Crippen LogP contribution in [0.2, 0.25) is 5.02 Å². The second kappa shape index (κ2) is 7.70. The number of thiophene rings is 1. The van der Waals surface area contributed by atoms with Crippen molar-refractivity contribution < 1.29 is 4.79 Å². The van der Waals surface area contributed by atoms with E-state index in [2.05, 4.69) is 45.8 Å². The van der Waals surface area contributed by atoms with Crippen LogP contribution in [0.3, 0.4) is 0 Å². The van der Waals surface area contributed by atoms with Crippen LogP contribution < -0.4 is 10.6 Å². The Morgan fingerprint density at radius 1 is 1.14 bits per heavy atom. The molecule has 0 saturated carbocycles. The van der Waals surface area contributed by atoms with Gasteiger partial charge in [-0.3, -0.25) is 0 Å². The molecule has 2 aromatic carbocycles. The summed E-state index contributed by atoms with van der Waals surface area (Å²) < 4.78 is 2.19. The maximum atomic E-state index is 12.5. The summed E-state index contributed by atoms with van der Waals surface area (Å²) in [5, 5.41) is 9.68. The zero-order valence-electron chi connectivity index (χ0n) is 15.6. The third-order valence-electron chi connectivity index (χ3n) is 4.82. The molecule has 0 aliphatic carbocycles. The van der Waals surface area contributed by atoms with Crippen LogP contribution in [0.4, 0.5) is 10.5 Å². The second-order valence-electron chi connectivity index (χ2n) is 6.65. The average molecular weight is 410 g/mol. The number of urea groups is 1. The van der Waals surface area contributed by atoms with Crippen molar-refractivity contribution in [1.29, 1.82) is 0 Å². The molecule has 28 heavy (non-hydrogen) atoms. The number of halogens is 1. The Bertz CT molecular complexity index is 1150. The van der Waals surface area contributed by atoms with Gasteiger partial charge in [0.05, 0.1) is 10.6 Å². The SMILES string of the molecule is Cc1ccc(NC(=O)NCc2c(-c3cccs3)n(C)c3ccccc23)cc1Cl. The van der Waals surface area contributed by atoms with E-state index in [1.54, 1.807) is 17.4 Å². The zero-order valence-corrected chi connectivity index (χ0v) is 17.2. The number of hydrogen-bond donors (Lipinski definition) is 2. The summed E-state index contributed by atoms with van der Waals surface area (Å²) in [4.78, 5) is 13.6. The molecule has 0 spiro atoms. The van der Waals surface area contributed by atoms with Crippen molar-refractivity contribution in [1.82, 2.24) is 9.88 Å². The minimum atomic E-state index is -0.259. The molecule has 0 atom stereocenters. The van der Waals surface area contributed by atoms with Crippen LogP contribution in [0.25, 0.3) is 21.5 Å². The lowest BCUT2D eigenvalue weighted by molar-refractivity contribution is 0.252. The molecule has 4 rings (SSSR count). The number of nitrogens with one attached hydrogen (secondary N) is 2. The van der Waals surface area contributed by atoms with Gasteiger partial charge in [-0.05, 0) is 42.1 Å². The molecule has 2 N–H and O–H groups in total. The first kappa shape index (κ1) is 18.6. The van der Waals surface area contributed by atoms with E-state index in [1.807, 2.05) is 37.3 Å². The van der Waals surface area contributed by atoms with E-state index >= 15 is 0 Å². The molecule has 0 unspecified atom stereocenters. The van der Waals surface area contributed by atoms with Crippen LogP contribution in [0.5, 0.6) is 0 Å². The lowest BCUT2D eigenvalue weighted by Gasteiger charge is -2.10. The van der Waals surface area contributed by atoms with Gasteiger partial charge in [-0.25, -0.2) is 4.79 Å². The summed E-state index contributed by atoms with van der Waals surface area (Å²) in [6, 6.07) is 17.6. The Kier molecular flexibility index (Phi) is 5.11. The van der Waals surface area contributed by atoms with Crippen LogP contribution in [-0.2, 0) is 13.6 Å². The van der Waals surface area contributed by atoms with Gasteiger partial charge in [0.1, 0.15) is 0 Å². The molecule has 0 radical (unpaired) electrons. The molecule has 0 saturated heterocycles. The van der Waals surface area contributed by atoms with Gasteiger partial charge < -0.3 is 15.2 Å². The van der Waals surface area contributed by atoms with E-state index in [9.17, 15) is 4.79 Å². The Morgan fingerprint density at radius 3 is 2.71 bits per heavy atom. The van der Waals surface area contributed by atoms with Gasteiger partial charge in [-0.1, -0.05) is 41.9 Å². The van der Waals surface area contributed by atoms with Gasteiger partial charge in [0.25, 0.3) is 0 Å². The van der Waals surface area contributed by atoms with Crippen molar-refractivity contribution in [2.75, 3.05) is 5.32 Å². The lowest BCUT2D eigenvalue weighted by atomic mass is 10.1. The molecule has 2 aromatic heterocycles. The van der Waals surface area contributed by atoms with E-state index in [0.717, 1.165) is 27.7 Å². The number of aromatic nitrogens is 1. The minimum Gasteiger partial charge on any atom is -0.343 e. The fourth-order valence-electron chi connectivity index (χ4n) is 3.39. The van der Waals surface area contributed by atoms with Gasteiger partial charge in [-0.15, -0.1) is 11.3 Å². The molecular weight excluding hydrogens is 390 g/mol. The van der Waals surface area contributed by atoms with Crippen LogP contribution in [0, 0.1) is 6.92 Å². The lowest BCUT2D eigenvalue weighted by Crippen LogP contribution is -2.28. The standard InChI is InChI=1S/C22H20ClN3OS/c1-14-9-10-15(12-18(14)23)25-22(27)24-13-17-16-6-3-4-7-19(16)26(2)21(17)20-8-5-11-28-20/h3-12H,13H2,1-2H3,(H2,24,25,27). The summed E-state index contributed by atoms with van der Waals surface area (Å²) in [6.07, 6.45) is 0. The zero-order chi connectivity index (χ0) is 19.7. The number of rotatable bonds is 4. The summed E-state index contributed by atoms with van der Waals surface area (Å²) in [7, 11) is 2.06. The minimum absolute atomic E-state index is 0.259. The number of hydrogen-bond acceptors (Lipinski definition) is 2. The second-order valence-corrected chi connectivity index (χ2v) is 8.01. The average Bonchev–Trinajstić information content (AvgIpc) is 3.30. The largest absolute Gasteiger partial charge is 0.343 e. The third-order valence-corrected chi connectivity index (χ3v) is 6.11. The topological polar surface area (TPSA) is 46.1 Å². The first-order chi connectivity index (χ1) is 13.5. The quantitative estimate of drug-likeness (QED) is 0.414. The first-order valence-electron chi connectivity index (χ1n) is 8.96. The van der Waals surface area contributed by atoms with Crippen molar-refractivity contribution in [2.45, 2.75) is 13.5 Å². The van der Waals surface area contributed by atoms with E-state index in [-0.39, 0.29) is 6.03 Å². The third kappa shape index (κ3) is 3.51. The van der Waals surface area contributed by atoms with Crippen molar-refractivity contribution in [3.8, 4) is 10.6 Å². The van der Waals surface area contributed by atoms with E-state index in [1.165, 1.54) is 4.88 Å². The van der Waals surface area contributed by atoms with Crippen LogP contribution >= 0.6 is 22.9 Å². The first-order valence-corrected chi connectivity index (χ1v) is 10.2. The molecule has 0 aliphatic rings. The maximum Gasteiger partial charge on any atom is 0.319 e. The van der Waals surface area contributed by atoms with Crippen LogP contribution in [-0.4, -0.2) is 10.6 Å². The number of amides is 2. The van der Waals surface area contributed by atoms with E-state index in [4.69, 9.17) is 11.6 Å². The van der Waals surface area contributed by atoms with Crippen LogP contribution in [0.1, 0.15) is 11.1 Å². The fourth-order valence-corrected chi connectivity index (χ4v) is 4.41. The summed E-state index contributed by atoms with van der Waals surface area (Å²) in [5.41, 5.74) is 5.04. The maximum absolute atomic E-state index is 12.5. The Balaban J connectivity index is 1.60. The van der Waals surface area contributed by atoms with Gasteiger partial charge in [-0.2, -0.15) is 0 Å². The molecule has 4 nitrogen and oxygen atoms in total. The Hall–Kier alpha value is -2.76. The van der Waals surface area contributed by atoms with Gasteiger partial charge >= 0.3 is 6.03 Å². The van der Waals surface area contributed by atoms with Gasteiger partial charge in [0.2, 0.25) is 0 Å². The number of anilines is 1. The van der Waals surface area contributed by atoms with Crippen molar-refractivity contribution >= 4 is 45.6 Å². The molecule has 0 fully saturated rings. The van der Waals surface area contributed by atoms with Crippen molar-refractivity contribution in [3.63, 3.8) is 0 Å². The Labute approximate surface area is 172 Å². The number of benzene rings is 2. The molecule has 6 heteroatoms. The van der Waals surface area contributed by atoms with E-state index < -0.39 is 0 Å². The number of carbonyl (C=O) groups is 1. The molecule has 0 bridgehead atoms. The summed E-state index contributed by atoms with van der Waals surface area (Å²) in [5.74, 6) is 0. The number of carbonyl (C=O) groups excluding carboxylic acids is 1. The van der Waals surface area contributed by atoms with Gasteiger partial charge in [0, 0.05) is 40.8 Å². The summed E-state index contributed by atoms with van der Waals surface area (Å²) >= 11 is 7.84. The van der Waals surface area contributed by atoms with Crippen LogP contribution in [0.15, 0.2) is 60.0 Å². The number of nitrogens with zero attached hydrogens (tertiary/aromatic N) is 1. The molecule has 4 aromatic rings. The predicted octanol–water partition coefficient (Wildman–Crippen LogP) is 6.19. The molecular formula is C22H20ClN3OS. The highest BCUT2D eigenvalue weighted by Crippen LogP contribution is 2.35. The molecule has 0 aliphatic heterocycles. The Morgan fingerprint density at radius 2 is 1.96 bits per heavy atom. The monoisotopic (exact) mass is 409 g/mol. The van der Waals surface area contributed by atoms with Gasteiger partial charge in [0.15, 0.2) is 0 Å². The molecule has 2 heterocycles. The fraction of sp³-hybridized carbons (Fsp3) is 0.136. The number of para-hydroxylation sites is 1. The van der Waals surface area contributed by atoms with Crippen molar-refractivity contribution in [2.24, 2.45) is 7.05 Å². The predicted molar refractivity (Wildman–Crippen MR) is 118 cm³/mol. The number of fused-ring (bicyclic) bond motifs is 1. The van der Waals surface area contributed by atoms with Crippen molar-refractivity contribution in [3.05, 3.63) is 76.1 Å². The highest BCUT2D eigenvalue weighted by Gasteiger charge is 2.17. The van der Waals surface area contributed by atoms with E-state index in [0.29, 0.717) is 17.3 Å². The molecule has 2 amide bonds.